The number of hydrogen-bond donors (Lipinski definition) is 2. The summed E-state index contributed by atoms with van der Waals surface area (Å²) in [5.74, 6) is 1.71. The average Bonchev–Trinajstić information content (AvgIpc) is 3.22. The van der Waals surface area contributed by atoms with Crippen LogP contribution in [-0.4, -0.2) is 35.5 Å². The number of carbonyl (C=O) groups excluding carboxylic acids is 1. The summed E-state index contributed by atoms with van der Waals surface area (Å²) in [5, 5.41) is 9.72. The number of aromatic amines is 1. The van der Waals surface area contributed by atoms with Crippen LogP contribution >= 0.6 is 0 Å². The lowest BCUT2D eigenvalue weighted by Crippen LogP contribution is -2.13. The van der Waals surface area contributed by atoms with Crippen molar-refractivity contribution in [1.82, 2.24) is 29.5 Å². The van der Waals surface area contributed by atoms with Crippen LogP contribution in [0.2, 0.25) is 0 Å². The van der Waals surface area contributed by atoms with Crippen LogP contribution in [0.3, 0.4) is 0 Å². The molecule has 23 heavy (non-hydrogen) atoms. The van der Waals surface area contributed by atoms with Gasteiger partial charge in [-0.25, -0.2) is 9.97 Å². The van der Waals surface area contributed by atoms with Crippen LogP contribution in [0.15, 0.2) is 24.7 Å². The quantitative estimate of drug-likeness (QED) is 0.772. The minimum Gasteiger partial charge on any atom is -0.290 e. The Morgan fingerprint density at radius 2 is 2.13 bits per heavy atom. The summed E-state index contributed by atoms with van der Waals surface area (Å²) < 4.78 is 1.69. The van der Waals surface area contributed by atoms with Crippen LogP contribution in [-0.2, 0) is 0 Å². The maximum absolute atomic E-state index is 12.3. The molecule has 0 aromatic carbocycles. The second-order valence-electron chi connectivity index (χ2n) is 5.79. The molecule has 0 saturated heterocycles. The molecule has 1 amide bonds. The number of H-pyrrole nitrogens is 1. The van der Waals surface area contributed by atoms with E-state index in [9.17, 15) is 4.79 Å². The number of rotatable bonds is 3. The standard InChI is InChI=1S/C15H17N7O/c23-13(11-9-22-8-4-7-16-15(22)17-11)19-14-18-12(20-21-14)10-5-2-1-3-6-10/h4,7-10H,1-3,5-6H2,(H2,18,19,20,21,23). The predicted octanol–water partition coefficient (Wildman–Crippen LogP) is 2.15. The number of fused-ring (bicyclic) bond motifs is 1. The molecule has 3 heterocycles. The minimum absolute atomic E-state index is 0.285. The van der Waals surface area contributed by atoms with Gasteiger partial charge in [0, 0.05) is 24.5 Å². The fourth-order valence-electron chi connectivity index (χ4n) is 2.99. The summed E-state index contributed by atoms with van der Waals surface area (Å²) in [6, 6.07) is 1.78. The Labute approximate surface area is 132 Å². The van der Waals surface area contributed by atoms with E-state index in [1.165, 1.54) is 19.3 Å². The van der Waals surface area contributed by atoms with Crippen LogP contribution in [0.1, 0.15) is 54.3 Å². The van der Waals surface area contributed by atoms with E-state index in [-0.39, 0.29) is 11.6 Å². The zero-order valence-corrected chi connectivity index (χ0v) is 12.6. The molecule has 0 radical (unpaired) electrons. The molecule has 0 atom stereocenters. The van der Waals surface area contributed by atoms with Gasteiger partial charge in [0.05, 0.1) is 0 Å². The first-order valence-electron chi connectivity index (χ1n) is 7.83. The molecule has 8 nitrogen and oxygen atoms in total. The van der Waals surface area contributed by atoms with E-state index in [0.717, 1.165) is 18.7 Å². The van der Waals surface area contributed by atoms with Crippen molar-refractivity contribution in [1.29, 1.82) is 0 Å². The van der Waals surface area contributed by atoms with E-state index in [4.69, 9.17) is 0 Å². The molecule has 0 spiro atoms. The minimum atomic E-state index is -0.343. The van der Waals surface area contributed by atoms with E-state index in [1.54, 1.807) is 29.1 Å². The molecule has 118 valence electrons. The molecule has 1 saturated carbocycles. The molecule has 0 bridgehead atoms. The topological polar surface area (TPSA) is 101 Å². The third-order valence-electron chi connectivity index (χ3n) is 4.19. The molecule has 8 heteroatoms. The normalized spacial score (nSPS) is 15.8. The third kappa shape index (κ3) is 2.79. The van der Waals surface area contributed by atoms with Crippen molar-refractivity contribution >= 4 is 17.6 Å². The van der Waals surface area contributed by atoms with E-state index >= 15 is 0 Å². The highest BCUT2D eigenvalue weighted by atomic mass is 16.2. The first kappa shape index (κ1) is 13.9. The highest BCUT2D eigenvalue weighted by molar-refractivity contribution is 6.02. The maximum Gasteiger partial charge on any atom is 0.278 e. The van der Waals surface area contributed by atoms with Gasteiger partial charge in [0.2, 0.25) is 11.7 Å². The predicted molar refractivity (Wildman–Crippen MR) is 83.1 cm³/mol. The summed E-state index contributed by atoms with van der Waals surface area (Å²) >= 11 is 0. The number of carbonyl (C=O) groups is 1. The largest absolute Gasteiger partial charge is 0.290 e. The van der Waals surface area contributed by atoms with E-state index < -0.39 is 0 Å². The molecule has 3 aromatic rings. The lowest BCUT2D eigenvalue weighted by atomic mass is 9.89. The first-order chi connectivity index (χ1) is 11.3. The number of hydrogen-bond acceptors (Lipinski definition) is 5. The Morgan fingerprint density at radius 3 is 2.96 bits per heavy atom. The Bertz CT molecular complexity index is 798. The Morgan fingerprint density at radius 1 is 1.26 bits per heavy atom. The van der Waals surface area contributed by atoms with Crippen molar-refractivity contribution < 1.29 is 4.79 Å². The number of amides is 1. The number of imidazole rings is 1. The van der Waals surface area contributed by atoms with Gasteiger partial charge in [-0.15, -0.1) is 5.10 Å². The van der Waals surface area contributed by atoms with Crippen molar-refractivity contribution in [3.05, 3.63) is 36.2 Å². The van der Waals surface area contributed by atoms with E-state index in [1.807, 2.05) is 0 Å². The van der Waals surface area contributed by atoms with Gasteiger partial charge in [-0.3, -0.25) is 19.6 Å². The number of aromatic nitrogens is 6. The van der Waals surface area contributed by atoms with E-state index in [0.29, 0.717) is 17.6 Å². The van der Waals surface area contributed by atoms with E-state index in [2.05, 4.69) is 30.5 Å². The average molecular weight is 311 g/mol. The van der Waals surface area contributed by atoms with Crippen molar-refractivity contribution in [2.24, 2.45) is 0 Å². The Balaban J connectivity index is 1.49. The summed E-state index contributed by atoms with van der Waals surface area (Å²) in [6.45, 7) is 0. The first-order valence-corrected chi connectivity index (χ1v) is 7.83. The molecular weight excluding hydrogens is 294 g/mol. The lowest BCUT2D eigenvalue weighted by molar-refractivity contribution is 0.102. The van der Waals surface area contributed by atoms with Crippen LogP contribution in [0.5, 0.6) is 0 Å². The highest BCUT2D eigenvalue weighted by Crippen LogP contribution is 2.30. The highest BCUT2D eigenvalue weighted by Gasteiger charge is 2.20. The summed E-state index contributed by atoms with van der Waals surface area (Å²) in [6.07, 6.45) is 11.0. The van der Waals surface area contributed by atoms with Crippen molar-refractivity contribution in [2.75, 3.05) is 5.32 Å². The number of nitrogens with zero attached hydrogens (tertiary/aromatic N) is 5. The van der Waals surface area contributed by atoms with Gasteiger partial charge in [-0.05, 0) is 18.9 Å². The summed E-state index contributed by atoms with van der Waals surface area (Å²) in [7, 11) is 0. The molecule has 4 rings (SSSR count). The van der Waals surface area contributed by atoms with Crippen molar-refractivity contribution in [2.45, 2.75) is 38.0 Å². The van der Waals surface area contributed by atoms with Gasteiger partial charge in [-0.2, -0.15) is 4.98 Å². The SMILES string of the molecule is O=C(Nc1n[nH]c(C2CCCCC2)n1)c1cn2cccnc2n1. The molecule has 3 aromatic heterocycles. The van der Waals surface area contributed by atoms with Gasteiger partial charge in [0.15, 0.2) is 0 Å². The van der Waals surface area contributed by atoms with Gasteiger partial charge >= 0.3 is 0 Å². The third-order valence-corrected chi connectivity index (χ3v) is 4.19. The van der Waals surface area contributed by atoms with Crippen molar-refractivity contribution in [3.63, 3.8) is 0 Å². The monoisotopic (exact) mass is 311 g/mol. The molecular formula is C15H17N7O. The summed E-state index contributed by atoms with van der Waals surface area (Å²) in [5.41, 5.74) is 0.285. The zero-order chi connectivity index (χ0) is 15.6. The Hall–Kier alpha value is -2.77. The molecule has 1 aliphatic rings. The van der Waals surface area contributed by atoms with Crippen molar-refractivity contribution in [3.8, 4) is 0 Å². The lowest BCUT2D eigenvalue weighted by Gasteiger charge is -2.18. The van der Waals surface area contributed by atoms with Crippen LogP contribution in [0, 0.1) is 0 Å². The van der Waals surface area contributed by atoms with Crippen LogP contribution in [0.4, 0.5) is 5.95 Å². The molecule has 0 aliphatic heterocycles. The number of nitrogens with one attached hydrogen (secondary N) is 2. The van der Waals surface area contributed by atoms with Gasteiger partial charge in [-0.1, -0.05) is 19.3 Å². The smallest absolute Gasteiger partial charge is 0.278 e. The van der Waals surface area contributed by atoms with Crippen LogP contribution in [0.25, 0.3) is 5.78 Å². The maximum atomic E-state index is 12.3. The fourth-order valence-corrected chi connectivity index (χ4v) is 2.99. The second kappa shape index (κ2) is 5.79. The van der Waals surface area contributed by atoms with Crippen LogP contribution < -0.4 is 5.32 Å². The van der Waals surface area contributed by atoms with Gasteiger partial charge in [0.25, 0.3) is 5.91 Å². The van der Waals surface area contributed by atoms with Gasteiger partial charge in [0.1, 0.15) is 11.5 Å². The molecule has 1 aliphatic carbocycles. The zero-order valence-electron chi connectivity index (χ0n) is 12.6. The van der Waals surface area contributed by atoms with Gasteiger partial charge < -0.3 is 0 Å². The molecule has 1 fully saturated rings. The molecule has 0 unspecified atom stereocenters. The number of anilines is 1. The fraction of sp³-hybridized carbons (Fsp3) is 0.400. The summed E-state index contributed by atoms with van der Waals surface area (Å²) in [4.78, 5) is 24.9. The second-order valence-corrected chi connectivity index (χ2v) is 5.79. The molecule has 2 N–H and O–H groups in total. The Kier molecular flexibility index (Phi) is 3.49.